The van der Waals surface area contributed by atoms with E-state index in [1.807, 2.05) is 38.1 Å². The minimum atomic E-state index is -3.62. The maximum atomic E-state index is 13.2. The molecular weight excluding hydrogens is 445 g/mol. The molecule has 0 saturated carbocycles. The first-order chi connectivity index (χ1) is 15.5. The van der Waals surface area contributed by atoms with E-state index in [-0.39, 0.29) is 37.7 Å². The molecule has 1 unspecified atom stereocenters. The zero-order chi connectivity index (χ0) is 24.6. The van der Waals surface area contributed by atoms with E-state index >= 15 is 0 Å². The third kappa shape index (κ3) is 7.56. The quantitative estimate of drug-likeness (QED) is 0.538. The lowest BCUT2D eigenvalue weighted by Gasteiger charge is -2.30. The molecule has 0 aliphatic rings. The highest BCUT2D eigenvalue weighted by atomic mass is 32.2. The highest BCUT2D eigenvalue weighted by molar-refractivity contribution is 7.92. The van der Waals surface area contributed by atoms with E-state index in [1.54, 1.807) is 6.92 Å². The second kappa shape index (κ2) is 11.8. The van der Waals surface area contributed by atoms with Crippen LogP contribution >= 0.6 is 0 Å². The molecule has 7 nitrogen and oxygen atoms in total. The van der Waals surface area contributed by atoms with Crippen molar-refractivity contribution in [1.82, 2.24) is 10.2 Å². The summed E-state index contributed by atoms with van der Waals surface area (Å²) in [5.74, 6) is -0.957. The van der Waals surface area contributed by atoms with Crippen LogP contribution in [-0.2, 0) is 26.2 Å². The molecular formula is C24H32FN3O4S. The van der Waals surface area contributed by atoms with Crippen molar-refractivity contribution in [3.05, 3.63) is 65.5 Å². The molecule has 0 heterocycles. The van der Waals surface area contributed by atoms with Gasteiger partial charge in [0, 0.05) is 26.1 Å². The summed E-state index contributed by atoms with van der Waals surface area (Å²) in [5.41, 5.74) is 2.28. The number of halogens is 1. The minimum Gasteiger partial charge on any atom is -0.355 e. The Bertz CT molecular complexity index is 1060. The molecule has 0 radical (unpaired) electrons. The highest BCUT2D eigenvalue weighted by Crippen LogP contribution is 2.20. The first-order valence-electron chi connectivity index (χ1n) is 10.9. The normalized spacial score (nSPS) is 12.2. The average molecular weight is 478 g/mol. The number of amides is 2. The van der Waals surface area contributed by atoms with Gasteiger partial charge >= 0.3 is 0 Å². The van der Waals surface area contributed by atoms with Gasteiger partial charge in [0.2, 0.25) is 21.8 Å². The number of nitrogens with one attached hydrogen (secondary N) is 1. The fraction of sp³-hybridized carbons (Fsp3) is 0.417. The topological polar surface area (TPSA) is 86.8 Å². The monoisotopic (exact) mass is 477 g/mol. The molecule has 0 bridgehead atoms. The standard InChI is InChI=1S/C24H32FN3O4S/c1-5-26-24(30)19(3)27(17-20-10-7-6-9-18(20)2)23(29)11-8-16-28(33(4,31)32)22-14-12-21(25)13-15-22/h6-7,9-10,12-15,19H,5,8,11,16-17H2,1-4H3,(H,26,30). The van der Waals surface area contributed by atoms with Gasteiger partial charge in [-0.1, -0.05) is 24.3 Å². The number of anilines is 1. The average Bonchev–Trinajstić information content (AvgIpc) is 2.75. The fourth-order valence-electron chi connectivity index (χ4n) is 3.49. The molecule has 0 aromatic heterocycles. The Hall–Kier alpha value is -2.94. The molecule has 0 fully saturated rings. The zero-order valence-electron chi connectivity index (χ0n) is 19.5. The molecule has 0 saturated heterocycles. The number of nitrogens with zero attached hydrogens (tertiary/aromatic N) is 2. The predicted molar refractivity (Wildman–Crippen MR) is 128 cm³/mol. The smallest absolute Gasteiger partial charge is 0.242 e. The van der Waals surface area contributed by atoms with E-state index in [0.717, 1.165) is 21.7 Å². The summed E-state index contributed by atoms with van der Waals surface area (Å²) in [4.78, 5) is 27.1. The fourth-order valence-corrected chi connectivity index (χ4v) is 4.45. The van der Waals surface area contributed by atoms with Crippen LogP contribution in [0.25, 0.3) is 0 Å². The molecule has 2 amide bonds. The van der Waals surface area contributed by atoms with Crippen molar-refractivity contribution in [2.75, 3.05) is 23.7 Å². The first kappa shape index (κ1) is 26.3. The largest absolute Gasteiger partial charge is 0.355 e. The Labute approximate surface area is 195 Å². The van der Waals surface area contributed by atoms with Crippen LogP contribution in [0.5, 0.6) is 0 Å². The van der Waals surface area contributed by atoms with Crippen molar-refractivity contribution in [3.63, 3.8) is 0 Å². The van der Waals surface area contributed by atoms with E-state index in [2.05, 4.69) is 5.32 Å². The number of hydrogen-bond donors (Lipinski definition) is 1. The van der Waals surface area contributed by atoms with Gasteiger partial charge in [0.05, 0.1) is 11.9 Å². The van der Waals surface area contributed by atoms with Crippen LogP contribution in [0.3, 0.4) is 0 Å². The van der Waals surface area contributed by atoms with Crippen molar-refractivity contribution in [3.8, 4) is 0 Å². The van der Waals surface area contributed by atoms with Gasteiger partial charge in [0.25, 0.3) is 0 Å². The van der Waals surface area contributed by atoms with Gasteiger partial charge in [-0.3, -0.25) is 13.9 Å². The van der Waals surface area contributed by atoms with Crippen molar-refractivity contribution >= 4 is 27.5 Å². The Morgan fingerprint density at radius 3 is 2.30 bits per heavy atom. The van der Waals surface area contributed by atoms with Crippen LogP contribution < -0.4 is 9.62 Å². The Balaban J connectivity index is 2.15. The lowest BCUT2D eigenvalue weighted by atomic mass is 10.1. The number of sulfonamides is 1. The van der Waals surface area contributed by atoms with E-state index < -0.39 is 21.9 Å². The number of carbonyl (C=O) groups is 2. The SMILES string of the molecule is CCNC(=O)C(C)N(Cc1ccccc1C)C(=O)CCCN(c1ccc(F)cc1)S(C)(=O)=O. The van der Waals surface area contributed by atoms with Gasteiger partial charge in [-0.05, 0) is 62.6 Å². The number of carbonyl (C=O) groups excluding carboxylic acids is 2. The highest BCUT2D eigenvalue weighted by Gasteiger charge is 2.26. The van der Waals surface area contributed by atoms with Crippen LogP contribution in [0.1, 0.15) is 37.8 Å². The van der Waals surface area contributed by atoms with Crippen molar-refractivity contribution < 1.29 is 22.4 Å². The summed E-state index contributed by atoms with van der Waals surface area (Å²) < 4.78 is 38.9. The van der Waals surface area contributed by atoms with Gasteiger partial charge in [-0.15, -0.1) is 0 Å². The number of benzene rings is 2. The maximum absolute atomic E-state index is 13.2. The van der Waals surface area contributed by atoms with Gasteiger partial charge in [0.1, 0.15) is 11.9 Å². The van der Waals surface area contributed by atoms with Crippen molar-refractivity contribution in [2.45, 2.75) is 46.2 Å². The molecule has 2 aromatic carbocycles. The van der Waals surface area contributed by atoms with Gasteiger partial charge < -0.3 is 10.2 Å². The van der Waals surface area contributed by atoms with E-state index in [1.165, 1.54) is 29.2 Å². The van der Waals surface area contributed by atoms with Crippen LogP contribution in [-0.4, -0.2) is 50.5 Å². The molecule has 1 atom stereocenters. The summed E-state index contributed by atoms with van der Waals surface area (Å²) >= 11 is 0. The molecule has 33 heavy (non-hydrogen) atoms. The summed E-state index contributed by atoms with van der Waals surface area (Å²) in [5, 5.41) is 2.75. The number of aryl methyl sites for hydroxylation is 1. The van der Waals surface area contributed by atoms with Crippen LogP contribution in [0.4, 0.5) is 10.1 Å². The van der Waals surface area contributed by atoms with Crippen LogP contribution in [0, 0.1) is 12.7 Å². The molecule has 0 aliphatic carbocycles. The van der Waals surface area contributed by atoms with E-state index in [9.17, 15) is 22.4 Å². The molecule has 180 valence electrons. The Morgan fingerprint density at radius 2 is 1.73 bits per heavy atom. The van der Waals surface area contributed by atoms with Crippen molar-refractivity contribution in [2.24, 2.45) is 0 Å². The third-order valence-electron chi connectivity index (χ3n) is 5.39. The Kier molecular flexibility index (Phi) is 9.40. The van der Waals surface area contributed by atoms with Gasteiger partial charge in [-0.2, -0.15) is 0 Å². The van der Waals surface area contributed by atoms with E-state index in [0.29, 0.717) is 12.2 Å². The minimum absolute atomic E-state index is 0.0584. The third-order valence-corrected chi connectivity index (χ3v) is 6.58. The van der Waals surface area contributed by atoms with Gasteiger partial charge in [-0.25, -0.2) is 12.8 Å². The molecule has 2 rings (SSSR count). The zero-order valence-corrected chi connectivity index (χ0v) is 20.4. The lowest BCUT2D eigenvalue weighted by Crippen LogP contribution is -2.47. The van der Waals surface area contributed by atoms with Gasteiger partial charge in [0.15, 0.2) is 0 Å². The first-order valence-corrected chi connectivity index (χ1v) is 12.7. The second-order valence-electron chi connectivity index (χ2n) is 7.93. The second-order valence-corrected chi connectivity index (χ2v) is 9.84. The molecule has 9 heteroatoms. The van der Waals surface area contributed by atoms with Crippen molar-refractivity contribution in [1.29, 1.82) is 0 Å². The summed E-state index contributed by atoms with van der Waals surface area (Å²) in [6.45, 7) is 6.23. The summed E-state index contributed by atoms with van der Waals surface area (Å²) in [6, 6.07) is 12.1. The molecule has 0 spiro atoms. The predicted octanol–water partition coefficient (Wildman–Crippen LogP) is 3.23. The number of hydrogen-bond acceptors (Lipinski definition) is 4. The summed E-state index contributed by atoms with van der Waals surface area (Å²) in [6.07, 6.45) is 1.37. The van der Waals surface area contributed by atoms with E-state index in [4.69, 9.17) is 0 Å². The lowest BCUT2D eigenvalue weighted by molar-refractivity contribution is -0.140. The van der Waals surface area contributed by atoms with Crippen LogP contribution in [0.2, 0.25) is 0 Å². The Morgan fingerprint density at radius 1 is 1.09 bits per heavy atom. The molecule has 2 aromatic rings. The molecule has 0 aliphatic heterocycles. The maximum Gasteiger partial charge on any atom is 0.242 e. The summed E-state index contributed by atoms with van der Waals surface area (Å²) in [7, 11) is -3.62. The van der Waals surface area contributed by atoms with Crippen LogP contribution in [0.15, 0.2) is 48.5 Å². The number of likely N-dealkylation sites (N-methyl/N-ethyl adjacent to an activating group) is 1. The molecule has 1 N–H and O–H groups in total. The number of rotatable bonds is 11.